The molecule has 0 aliphatic rings. The van der Waals surface area contributed by atoms with Crippen molar-refractivity contribution >= 4 is 34.1 Å². The smallest absolute Gasteiger partial charge is 0.397 e. The molecule has 1 aromatic carbocycles. The molecule has 15 heavy (non-hydrogen) atoms. The molecule has 0 radical (unpaired) electrons. The molecule has 0 heterocycles. The van der Waals surface area contributed by atoms with Crippen LogP contribution in [-0.2, 0) is 6.18 Å². The minimum atomic E-state index is -4.67. The van der Waals surface area contributed by atoms with Gasteiger partial charge in [0, 0.05) is 5.56 Å². The molecule has 0 unspecified atom stereocenters. The molecular formula is C8H4Cl2F3NO. The van der Waals surface area contributed by atoms with Gasteiger partial charge in [-0.25, -0.2) is 0 Å². The first kappa shape index (κ1) is 12.1. The summed E-state index contributed by atoms with van der Waals surface area (Å²) in [5.41, 5.74) is 3.00. The van der Waals surface area contributed by atoms with Gasteiger partial charge in [-0.3, -0.25) is 4.79 Å². The summed E-state index contributed by atoms with van der Waals surface area (Å²) in [6.07, 6.45) is -4.67. The summed E-state index contributed by atoms with van der Waals surface area (Å²) in [5.74, 6) is 0. The lowest BCUT2D eigenvalue weighted by molar-refractivity contribution is -0.136. The van der Waals surface area contributed by atoms with Gasteiger partial charge in [-0.1, -0.05) is 11.6 Å². The zero-order valence-electron chi connectivity index (χ0n) is 7.03. The van der Waals surface area contributed by atoms with Crippen LogP contribution in [0.1, 0.15) is 15.9 Å². The van der Waals surface area contributed by atoms with Crippen molar-refractivity contribution in [2.45, 2.75) is 6.18 Å². The average molecular weight is 258 g/mol. The van der Waals surface area contributed by atoms with Gasteiger partial charge < -0.3 is 5.73 Å². The Labute approximate surface area is 92.8 Å². The molecule has 2 N–H and O–H groups in total. The Bertz CT molecular complexity index is 417. The summed E-state index contributed by atoms with van der Waals surface area (Å²) in [6.45, 7) is 0. The molecule has 0 bridgehead atoms. The molecule has 0 saturated carbocycles. The van der Waals surface area contributed by atoms with Crippen LogP contribution < -0.4 is 5.73 Å². The molecular weight excluding hydrogens is 254 g/mol. The highest BCUT2D eigenvalue weighted by Crippen LogP contribution is 2.37. The van der Waals surface area contributed by atoms with E-state index in [0.29, 0.717) is 6.07 Å². The van der Waals surface area contributed by atoms with Gasteiger partial charge in [-0.05, 0) is 23.7 Å². The lowest BCUT2D eigenvalue weighted by Gasteiger charge is -2.11. The predicted octanol–water partition coefficient (Wildman–Crippen LogP) is 3.32. The van der Waals surface area contributed by atoms with Crippen LogP contribution in [0, 0.1) is 0 Å². The lowest BCUT2D eigenvalue weighted by atomic mass is 10.1. The Morgan fingerprint density at radius 1 is 1.33 bits per heavy atom. The maximum Gasteiger partial charge on any atom is 0.418 e. The Hall–Kier alpha value is -0.940. The first-order chi connectivity index (χ1) is 6.73. The van der Waals surface area contributed by atoms with Crippen LogP contribution in [0.4, 0.5) is 18.9 Å². The van der Waals surface area contributed by atoms with Crippen molar-refractivity contribution in [2.24, 2.45) is 0 Å². The van der Waals surface area contributed by atoms with Crippen LogP contribution in [0.5, 0.6) is 0 Å². The fourth-order valence-electron chi connectivity index (χ4n) is 0.966. The number of benzene rings is 1. The van der Waals surface area contributed by atoms with Crippen LogP contribution in [0.25, 0.3) is 0 Å². The third kappa shape index (κ3) is 2.54. The molecule has 1 rings (SSSR count). The van der Waals surface area contributed by atoms with Crippen molar-refractivity contribution in [1.29, 1.82) is 0 Å². The van der Waals surface area contributed by atoms with Crippen LogP contribution in [-0.4, -0.2) is 5.24 Å². The summed E-state index contributed by atoms with van der Waals surface area (Å²) in [4.78, 5) is 10.7. The zero-order valence-corrected chi connectivity index (χ0v) is 8.54. The Balaban J connectivity index is 3.45. The van der Waals surface area contributed by atoms with Crippen LogP contribution in [0.3, 0.4) is 0 Å². The fourth-order valence-corrected chi connectivity index (χ4v) is 1.29. The molecule has 2 nitrogen and oxygen atoms in total. The number of nitrogens with two attached hydrogens (primary N) is 1. The first-order valence-electron chi connectivity index (χ1n) is 3.59. The van der Waals surface area contributed by atoms with Gasteiger partial charge in [0.15, 0.2) is 0 Å². The Morgan fingerprint density at radius 2 is 1.87 bits per heavy atom. The molecule has 1 aromatic rings. The standard InChI is InChI=1S/C8H4Cl2F3NO/c9-5-2-3(7(10)15)1-4(6(5)14)8(11,12)13/h1-2H,14H2. The topological polar surface area (TPSA) is 43.1 Å². The number of alkyl halides is 3. The Kier molecular flexibility index (Phi) is 3.16. The minimum Gasteiger partial charge on any atom is -0.397 e. The second kappa shape index (κ2) is 3.90. The van der Waals surface area contributed by atoms with E-state index in [2.05, 4.69) is 0 Å². The third-order valence-corrected chi connectivity index (χ3v) is 2.19. The second-order valence-corrected chi connectivity index (χ2v) is 3.44. The van der Waals surface area contributed by atoms with Crippen molar-refractivity contribution in [3.63, 3.8) is 0 Å². The molecule has 0 fully saturated rings. The number of carbonyl (C=O) groups is 1. The van der Waals surface area contributed by atoms with Gasteiger partial charge >= 0.3 is 6.18 Å². The number of halogens is 5. The molecule has 82 valence electrons. The summed E-state index contributed by atoms with van der Waals surface area (Å²) in [5, 5.41) is -1.38. The van der Waals surface area contributed by atoms with Crippen molar-refractivity contribution < 1.29 is 18.0 Å². The first-order valence-corrected chi connectivity index (χ1v) is 4.35. The number of hydrogen-bond donors (Lipinski definition) is 1. The summed E-state index contributed by atoms with van der Waals surface area (Å²) < 4.78 is 37.1. The van der Waals surface area contributed by atoms with Crippen molar-refractivity contribution in [3.8, 4) is 0 Å². The van der Waals surface area contributed by atoms with Gasteiger partial charge in [0.1, 0.15) is 0 Å². The van der Waals surface area contributed by atoms with Gasteiger partial charge in [-0.2, -0.15) is 13.2 Å². The number of carbonyl (C=O) groups excluding carboxylic acids is 1. The maximum atomic E-state index is 12.4. The van der Waals surface area contributed by atoms with E-state index in [9.17, 15) is 18.0 Å². The van der Waals surface area contributed by atoms with Crippen molar-refractivity contribution in [1.82, 2.24) is 0 Å². The van der Waals surface area contributed by atoms with E-state index < -0.39 is 22.7 Å². The maximum absolute atomic E-state index is 12.4. The van der Waals surface area contributed by atoms with Crippen LogP contribution in [0.15, 0.2) is 12.1 Å². The van der Waals surface area contributed by atoms with E-state index in [1.165, 1.54) is 0 Å². The molecule has 0 saturated heterocycles. The molecule has 0 aliphatic heterocycles. The predicted molar refractivity (Wildman–Crippen MR) is 51.0 cm³/mol. The Morgan fingerprint density at radius 3 is 2.27 bits per heavy atom. The van der Waals surface area contributed by atoms with Gasteiger partial charge in [0.05, 0.1) is 16.3 Å². The molecule has 0 aromatic heterocycles. The normalized spacial score (nSPS) is 11.5. The highest BCUT2D eigenvalue weighted by molar-refractivity contribution is 6.67. The van der Waals surface area contributed by atoms with Crippen LogP contribution in [0.2, 0.25) is 5.02 Å². The highest BCUT2D eigenvalue weighted by atomic mass is 35.5. The lowest BCUT2D eigenvalue weighted by Crippen LogP contribution is -2.10. The average Bonchev–Trinajstić information content (AvgIpc) is 2.06. The monoisotopic (exact) mass is 257 g/mol. The number of anilines is 1. The molecule has 0 spiro atoms. The SMILES string of the molecule is Nc1c(Cl)cc(C(=O)Cl)cc1C(F)(F)F. The van der Waals surface area contributed by atoms with Gasteiger partial charge in [0.25, 0.3) is 5.24 Å². The molecule has 0 atom stereocenters. The van der Waals surface area contributed by atoms with Crippen molar-refractivity contribution in [2.75, 3.05) is 5.73 Å². The van der Waals surface area contributed by atoms with E-state index in [1.54, 1.807) is 0 Å². The highest BCUT2D eigenvalue weighted by Gasteiger charge is 2.34. The minimum absolute atomic E-state index is 0.344. The number of nitrogen functional groups attached to an aromatic ring is 1. The largest absolute Gasteiger partial charge is 0.418 e. The van der Waals surface area contributed by atoms with E-state index >= 15 is 0 Å². The van der Waals surface area contributed by atoms with E-state index in [4.69, 9.17) is 28.9 Å². The summed E-state index contributed by atoms with van der Waals surface area (Å²) in [6, 6.07) is 1.55. The quantitative estimate of drug-likeness (QED) is 0.620. The van der Waals surface area contributed by atoms with E-state index in [0.717, 1.165) is 6.07 Å². The van der Waals surface area contributed by atoms with E-state index in [1.807, 2.05) is 0 Å². The number of rotatable bonds is 1. The van der Waals surface area contributed by atoms with Crippen LogP contribution >= 0.6 is 23.2 Å². The molecule has 7 heteroatoms. The zero-order chi connectivity index (χ0) is 11.8. The number of hydrogen-bond acceptors (Lipinski definition) is 2. The molecule has 0 aliphatic carbocycles. The van der Waals surface area contributed by atoms with E-state index in [-0.39, 0.29) is 10.6 Å². The fraction of sp³-hybridized carbons (Fsp3) is 0.125. The van der Waals surface area contributed by atoms with Gasteiger partial charge in [0.2, 0.25) is 0 Å². The summed E-state index contributed by atoms with van der Waals surface area (Å²) >= 11 is 10.5. The third-order valence-electron chi connectivity index (χ3n) is 1.66. The summed E-state index contributed by atoms with van der Waals surface area (Å²) in [7, 11) is 0. The second-order valence-electron chi connectivity index (χ2n) is 2.69. The van der Waals surface area contributed by atoms with Gasteiger partial charge in [-0.15, -0.1) is 0 Å². The molecule has 0 amide bonds. The van der Waals surface area contributed by atoms with Crippen molar-refractivity contribution in [3.05, 3.63) is 28.3 Å².